The largest absolute Gasteiger partial charge is 0.395 e. The van der Waals surface area contributed by atoms with Crippen LogP contribution in [-0.2, 0) is 10.0 Å². The maximum atomic E-state index is 14.3. The average molecular weight is 316 g/mol. The minimum Gasteiger partial charge on any atom is -0.395 e. The van der Waals surface area contributed by atoms with Gasteiger partial charge in [-0.25, -0.2) is 17.9 Å². The molecule has 1 aliphatic rings. The van der Waals surface area contributed by atoms with E-state index in [4.69, 9.17) is 5.14 Å². The maximum Gasteiger partial charge on any atom is 0.238 e. The van der Waals surface area contributed by atoms with Gasteiger partial charge in [-0.2, -0.15) is 0 Å². The highest BCUT2D eigenvalue weighted by Crippen LogP contribution is 2.29. The van der Waals surface area contributed by atoms with Crippen LogP contribution in [0.5, 0.6) is 0 Å². The van der Waals surface area contributed by atoms with Crippen molar-refractivity contribution in [3.05, 3.63) is 24.0 Å². The zero-order valence-corrected chi connectivity index (χ0v) is 12.7. The second-order valence-electron chi connectivity index (χ2n) is 5.37. The maximum absolute atomic E-state index is 14.3. The summed E-state index contributed by atoms with van der Waals surface area (Å²) in [5.74, 6) is -0.624. The number of hydrogen-bond donors (Lipinski definition) is 2. The molecule has 0 atom stereocenters. The number of benzene rings is 1. The fourth-order valence-corrected chi connectivity index (χ4v) is 3.42. The van der Waals surface area contributed by atoms with E-state index in [1.54, 1.807) is 0 Å². The van der Waals surface area contributed by atoms with Crippen molar-refractivity contribution in [2.75, 3.05) is 18.1 Å². The summed E-state index contributed by atoms with van der Waals surface area (Å²) >= 11 is 0. The highest BCUT2D eigenvalue weighted by molar-refractivity contribution is 7.89. The van der Waals surface area contributed by atoms with E-state index in [1.807, 2.05) is 4.90 Å². The number of sulfonamides is 1. The molecule has 1 aliphatic carbocycles. The lowest BCUT2D eigenvalue weighted by atomic mass is 9.93. The molecule has 0 aliphatic heterocycles. The van der Waals surface area contributed by atoms with Crippen LogP contribution in [0.25, 0.3) is 0 Å². The summed E-state index contributed by atoms with van der Waals surface area (Å²) in [5.41, 5.74) is 0.323. The minimum absolute atomic E-state index is 0.0765. The molecule has 1 aromatic carbocycles. The van der Waals surface area contributed by atoms with Crippen LogP contribution in [0.3, 0.4) is 0 Å². The van der Waals surface area contributed by atoms with Crippen LogP contribution in [0.1, 0.15) is 32.1 Å². The number of primary sulfonamides is 1. The molecule has 0 spiro atoms. The van der Waals surface area contributed by atoms with Gasteiger partial charge in [-0.05, 0) is 31.0 Å². The van der Waals surface area contributed by atoms with E-state index in [1.165, 1.54) is 18.6 Å². The third-order valence-corrected chi connectivity index (χ3v) is 4.82. The van der Waals surface area contributed by atoms with Crippen molar-refractivity contribution in [3.8, 4) is 0 Å². The highest BCUT2D eigenvalue weighted by Gasteiger charge is 2.24. The Bertz CT molecular complexity index is 586. The molecule has 0 amide bonds. The molecule has 21 heavy (non-hydrogen) atoms. The first kappa shape index (κ1) is 16.2. The van der Waals surface area contributed by atoms with Crippen molar-refractivity contribution in [2.24, 2.45) is 5.14 Å². The summed E-state index contributed by atoms with van der Waals surface area (Å²) in [5, 5.41) is 14.2. The van der Waals surface area contributed by atoms with Crippen LogP contribution in [-0.4, -0.2) is 32.7 Å². The molecule has 3 N–H and O–H groups in total. The highest BCUT2D eigenvalue weighted by atomic mass is 32.2. The zero-order chi connectivity index (χ0) is 15.5. The van der Waals surface area contributed by atoms with Gasteiger partial charge < -0.3 is 10.0 Å². The number of nitrogens with two attached hydrogens (primary N) is 1. The van der Waals surface area contributed by atoms with Gasteiger partial charge in [0.25, 0.3) is 0 Å². The fraction of sp³-hybridized carbons (Fsp3) is 0.571. The molecule has 7 heteroatoms. The first-order valence-electron chi connectivity index (χ1n) is 7.13. The summed E-state index contributed by atoms with van der Waals surface area (Å²) in [6.07, 6.45) is 5.26. The lowest BCUT2D eigenvalue weighted by Gasteiger charge is -2.36. The Morgan fingerprint density at radius 2 is 1.95 bits per heavy atom. The van der Waals surface area contributed by atoms with Crippen molar-refractivity contribution in [2.45, 2.75) is 43.0 Å². The van der Waals surface area contributed by atoms with Crippen molar-refractivity contribution in [1.82, 2.24) is 0 Å². The SMILES string of the molecule is NS(=O)(=O)c1ccc(N(CCO)C2CCCCC2)c(F)c1. The van der Waals surface area contributed by atoms with Crippen molar-refractivity contribution >= 4 is 15.7 Å². The van der Waals surface area contributed by atoms with Gasteiger partial charge in [0.1, 0.15) is 5.82 Å². The van der Waals surface area contributed by atoms with Gasteiger partial charge in [-0.1, -0.05) is 19.3 Å². The lowest BCUT2D eigenvalue weighted by Crippen LogP contribution is -2.39. The van der Waals surface area contributed by atoms with Crippen LogP contribution in [0, 0.1) is 5.82 Å². The summed E-state index contributed by atoms with van der Waals surface area (Å²) in [6, 6.07) is 3.86. The average Bonchev–Trinajstić information content (AvgIpc) is 2.45. The van der Waals surface area contributed by atoms with Gasteiger partial charge in [-0.15, -0.1) is 0 Å². The summed E-state index contributed by atoms with van der Waals surface area (Å²) in [6.45, 7) is 0.253. The van der Waals surface area contributed by atoms with E-state index in [0.29, 0.717) is 12.2 Å². The molecule has 5 nitrogen and oxygen atoms in total. The Hall–Kier alpha value is -1.18. The van der Waals surface area contributed by atoms with Crippen LogP contribution >= 0.6 is 0 Å². The molecule has 0 saturated heterocycles. The van der Waals surface area contributed by atoms with Crippen molar-refractivity contribution in [3.63, 3.8) is 0 Å². The molecule has 0 radical (unpaired) electrons. The number of hydrogen-bond acceptors (Lipinski definition) is 4. The van der Waals surface area contributed by atoms with Gasteiger partial charge in [0.15, 0.2) is 0 Å². The fourth-order valence-electron chi connectivity index (χ4n) is 2.90. The Morgan fingerprint density at radius 1 is 1.29 bits per heavy atom. The molecule has 1 fully saturated rings. The minimum atomic E-state index is -3.91. The predicted molar refractivity (Wildman–Crippen MR) is 79.1 cm³/mol. The topological polar surface area (TPSA) is 83.6 Å². The molecule has 0 heterocycles. The molecule has 0 bridgehead atoms. The van der Waals surface area contributed by atoms with Crippen LogP contribution in [0.4, 0.5) is 10.1 Å². The normalized spacial score (nSPS) is 16.9. The van der Waals surface area contributed by atoms with Gasteiger partial charge in [0.05, 0.1) is 17.2 Å². The molecule has 2 rings (SSSR count). The van der Waals surface area contributed by atoms with Gasteiger partial charge in [0, 0.05) is 12.6 Å². The standard InChI is InChI=1S/C14H21FN2O3S/c15-13-10-12(21(16,19)20)6-7-14(13)17(8-9-18)11-4-2-1-3-5-11/h6-7,10-11,18H,1-5,8-9H2,(H2,16,19,20). The summed E-state index contributed by atoms with van der Waals surface area (Å²) in [7, 11) is -3.91. The first-order chi connectivity index (χ1) is 9.93. The smallest absolute Gasteiger partial charge is 0.238 e. The van der Waals surface area contributed by atoms with E-state index in [2.05, 4.69) is 0 Å². The lowest BCUT2D eigenvalue weighted by molar-refractivity contribution is 0.289. The van der Waals surface area contributed by atoms with Gasteiger partial charge >= 0.3 is 0 Å². The number of nitrogens with zero attached hydrogens (tertiary/aromatic N) is 1. The Labute approximate surface area is 124 Å². The van der Waals surface area contributed by atoms with Gasteiger partial charge in [0.2, 0.25) is 10.0 Å². The summed E-state index contributed by atoms with van der Waals surface area (Å²) in [4.78, 5) is 1.60. The molecule has 0 unspecified atom stereocenters. The first-order valence-corrected chi connectivity index (χ1v) is 8.68. The molecule has 0 aromatic heterocycles. The van der Waals surface area contributed by atoms with E-state index in [9.17, 15) is 17.9 Å². The van der Waals surface area contributed by atoms with E-state index in [0.717, 1.165) is 31.7 Å². The number of anilines is 1. The van der Waals surface area contributed by atoms with E-state index in [-0.39, 0.29) is 17.5 Å². The van der Waals surface area contributed by atoms with Crippen molar-refractivity contribution in [1.29, 1.82) is 0 Å². The van der Waals surface area contributed by atoms with E-state index < -0.39 is 15.8 Å². The summed E-state index contributed by atoms with van der Waals surface area (Å²) < 4.78 is 36.8. The number of rotatable bonds is 5. The Balaban J connectivity index is 2.31. The molecule has 1 aromatic rings. The van der Waals surface area contributed by atoms with Crippen LogP contribution < -0.4 is 10.0 Å². The van der Waals surface area contributed by atoms with Gasteiger partial charge in [-0.3, -0.25) is 0 Å². The quantitative estimate of drug-likeness (QED) is 0.864. The second kappa shape index (κ2) is 6.72. The second-order valence-corrected chi connectivity index (χ2v) is 6.93. The number of aliphatic hydroxyl groups excluding tert-OH is 1. The Kier molecular flexibility index (Phi) is 5.18. The molecule has 118 valence electrons. The number of aliphatic hydroxyl groups is 1. The predicted octanol–water partition coefficient (Wildman–Crippen LogP) is 1.60. The third-order valence-electron chi connectivity index (χ3n) is 3.91. The zero-order valence-electron chi connectivity index (χ0n) is 11.8. The molecular weight excluding hydrogens is 295 g/mol. The van der Waals surface area contributed by atoms with Crippen molar-refractivity contribution < 1.29 is 17.9 Å². The Morgan fingerprint density at radius 3 is 2.48 bits per heavy atom. The number of halogens is 1. The monoisotopic (exact) mass is 316 g/mol. The van der Waals surface area contributed by atoms with E-state index >= 15 is 0 Å². The third kappa shape index (κ3) is 3.93. The molecule has 1 saturated carbocycles. The van der Waals surface area contributed by atoms with Crippen LogP contribution in [0.15, 0.2) is 23.1 Å². The molecular formula is C14H21FN2O3S. The van der Waals surface area contributed by atoms with Crippen LogP contribution in [0.2, 0.25) is 0 Å².